The average molecular weight is 470 g/mol. The molecule has 1 atom stereocenters. The predicted octanol–water partition coefficient (Wildman–Crippen LogP) is 2.65. The molecular weight excluding hydrogens is 442 g/mol. The van der Waals surface area contributed by atoms with E-state index in [-0.39, 0.29) is 29.8 Å². The number of carbonyl (C=O) groups is 2. The lowest BCUT2D eigenvalue weighted by atomic mass is 10.1. The first-order chi connectivity index (χ1) is 15.8. The van der Waals surface area contributed by atoms with Crippen LogP contribution in [0.25, 0.3) is 6.08 Å². The monoisotopic (exact) mass is 469 g/mol. The van der Waals surface area contributed by atoms with Gasteiger partial charge in [-0.3, -0.25) is 9.59 Å². The van der Waals surface area contributed by atoms with Crippen LogP contribution in [0.1, 0.15) is 24.5 Å². The molecule has 1 saturated heterocycles. The number of fused-ring (bicyclic) bond motifs is 1. The van der Waals surface area contributed by atoms with E-state index in [0.29, 0.717) is 30.9 Å². The van der Waals surface area contributed by atoms with E-state index in [1.165, 1.54) is 22.5 Å². The molecule has 0 bridgehead atoms. The molecule has 2 aliphatic heterocycles. The standard InChI is InChI=1S/C24H27N3O5S/c1-3-21-24(29)25-20-16-19(9-10-22(20)32-21)33(30,31)27-14-12-26(13-15-27)23(28)11-8-18-6-4-17(2)5-7-18/h4-11,16,21H,3,12-15H2,1-2H3,(H,25,29)/b11-8+/t21-/m1/s1. The summed E-state index contributed by atoms with van der Waals surface area (Å²) in [4.78, 5) is 26.3. The number of anilines is 1. The maximum absolute atomic E-state index is 13.1. The number of rotatable bonds is 5. The maximum atomic E-state index is 13.1. The van der Waals surface area contributed by atoms with Gasteiger partial charge < -0.3 is 15.0 Å². The van der Waals surface area contributed by atoms with Crippen LogP contribution in [0.15, 0.2) is 53.4 Å². The summed E-state index contributed by atoms with van der Waals surface area (Å²) in [6.07, 6.45) is 3.22. The fourth-order valence-electron chi connectivity index (χ4n) is 3.81. The summed E-state index contributed by atoms with van der Waals surface area (Å²) in [7, 11) is -3.77. The molecule has 0 aromatic heterocycles. The molecule has 2 aromatic carbocycles. The minimum Gasteiger partial charge on any atom is -0.478 e. The van der Waals surface area contributed by atoms with Crippen LogP contribution in [0.4, 0.5) is 5.69 Å². The van der Waals surface area contributed by atoms with Gasteiger partial charge in [0.1, 0.15) is 5.75 Å². The first kappa shape index (κ1) is 23.0. The smallest absolute Gasteiger partial charge is 0.265 e. The Labute approximate surface area is 193 Å². The first-order valence-electron chi connectivity index (χ1n) is 10.9. The summed E-state index contributed by atoms with van der Waals surface area (Å²) in [6, 6.07) is 12.3. The number of ether oxygens (including phenoxy) is 1. The topological polar surface area (TPSA) is 96.0 Å². The summed E-state index contributed by atoms with van der Waals surface area (Å²) in [5.41, 5.74) is 2.43. The van der Waals surface area contributed by atoms with E-state index in [1.807, 2.05) is 38.1 Å². The Morgan fingerprint density at radius 1 is 1.12 bits per heavy atom. The second kappa shape index (κ2) is 9.36. The molecule has 9 heteroatoms. The zero-order valence-corrected chi connectivity index (χ0v) is 19.5. The number of hydrogen-bond donors (Lipinski definition) is 1. The number of carbonyl (C=O) groups excluding carboxylic acids is 2. The van der Waals surface area contributed by atoms with Gasteiger partial charge in [0.15, 0.2) is 6.10 Å². The fraction of sp³-hybridized carbons (Fsp3) is 0.333. The predicted molar refractivity (Wildman–Crippen MR) is 125 cm³/mol. The fourth-order valence-corrected chi connectivity index (χ4v) is 5.26. The van der Waals surface area contributed by atoms with E-state index in [0.717, 1.165) is 11.1 Å². The number of nitrogens with one attached hydrogen (secondary N) is 1. The van der Waals surface area contributed by atoms with Crippen molar-refractivity contribution in [1.29, 1.82) is 0 Å². The molecule has 33 heavy (non-hydrogen) atoms. The molecule has 4 rings (SSSR count). The Balaban J connectivity index is 1.40. The Bertz CT molecular complexity index is 1180. The SMILES string of the molecule is CC[C@H]1Oc2ccc(S(=O)(=O)N3CCN(C(=O)/C=C/c4ccc(C)cc4)CC3)cc2NC1=O. The third-order valence-corrected chi connectivity index (χ3v) is 7.72. The van der Waals surface area contributed by atoms with Gasteiger partial charge in [-0.25, -0.2) is 8.42 Å². The highest BCUT2D eigenvalue weighted by Gasteiger charge is 2.32. The largest absolute Gasteiger partial charge is 0.478 e. The molecule has 1 fully saturated rings. The third-order valence-electron chi connectivity index (χ3n) is 5.83. The van der Waals surface area contributed by atoms with Gasteiger partial charge in [0.25, 0.3) is 5.91 Å². The van der Waals surface area contributed by atoms with Crippen molar-refractivity contribution >= 4 is 33.6 Å². The van der Waals surface area contributed by atoms with Crippen molar-refractivity contribution in [2.45, 2.75) is 31.3 Å². The van der Waals surface area contributed by atoms with Crippen LogP contribution in [0.3, 0.4) is 0 Å². The lowest BCUT2D eigenvalue weighted by molar-refractivity contribution is -0.127. The lowest BCUT2D eigenvalue weighted by Gasteiger charge is -2.33. The molecule has 0 unspecified atom stereocenters. The van der Waals surface area contributed by atoms with Crippen molar-refractivity contribution in [2.24, 2.45) is 0 Å². The van der Waals surface area contributed by atoms with Gasteiger partial charge in [0.2, 0.25) is 15.9 Å². The van der Waals surface area contributed by atoms with Gasteiger partial charge in [-0.05, 0) is 43.2 Å². The highest BCUT2D eigenvalue weighted by atomic mass is 32.2. The zero-order chi connectivity index (χ0) is 23.6. The van der Waals surface area contributed by atoms with E-state index in [2.05, 4.69) is 5.32 Å². The van der Waals surface area contributed by atoms with Crippen LogP contribution in [0.5, 0.6) is 5.75 Å². The molecule has 0 aliphatic carbocycles. The van der Waals surface area contributed by atoms with Crippen molar-refractivity contribution in [3.63, 3.8) is 0 Å². The average Bonchev–Trinajstić information content (AvgIpc) is 2.82. The molecular formula is C24H27N3O5S. The van der Waals surface area contributed by atoms with Crippen molar-refractivity contribution < 1.29 is 22.7 Å². The van der Waals surface area contributed by atoms with Gasteiger partial charge in [-0.15, -0.1) is 0 Å². The number of piperazine rings is 1. The number of hydrogen-bond acceptors (Lipinski definition) is 5. The Kier molecular flexibility index (Phi) is 6.53. The number of amides is 2. The minimum atomic E-state index is -3.77. The van der Waals surface area contributed by atoms with E-state index in [4.69, 9.17) is 4.74 Å². The zero-order valence-electron chi connectivity index (χ0n) is 18.7. The number of sulfonamides is 1. The normalized spacial score (nSPS) is 19.2. The molecule has 2 aliphatic rings. The van der Waals surface area contributed by atoms with Crippen molar-refractivity contribution in [3.05, 3.63) is 59.7 Å². The number of aryl methyl sites for hydroxylation is 1. The first-order valence-corrected chi connectivity index (χ1v) is 12.4. The number of nitrogens with zero attached hydrogens (tertiary/aromatic N) is 2. The van der Waals surface area contributed by atoms with Crippen molar-refractivity contribution in [3.8, 4) is 5.75 Å². The molecule has 0 saturated carbocycles. The molecule has 1 N–H and O–H groups in total. The summed E-state index contributed by atoms with van der Waals surface area (Å²) >= 11 is 0. The highest BCUT2D eigenvalue weighted by Crippen LogP contribution is 2.33. The Morgan fingerprint density at radius 3 is 2.48 bits per heavy atom. The van der Waals surface area contributed by atoms with E-state index >= 15 is 0 Å². The molecule has 2 heterocycles. The molecule has 174 valence electrons. The van der Waals surface area contributed by atoms with Crippen LogP contribution < -0.4 is 10.1 Å². The molecule has 0 radical (unpaired) electrons. The molecule has 8 nitrogen and oxygen atoms in total. The second-order valence-corrected chi connectivity index (χ2v) is 10.1. The van der Waals surface area contributed by atoms with E-state index in [9.17, 15) is 18.0 Å². The van der Waals surface area contributed by atoms with Gasteiger partial charge in [0, 0.05) is 32.3 Å². The molecule has 2 amide bonds. The van der Waals surface area contributed by atoms with Gasteiger partial charge in [0.05, 0.1) is 10.6 Å². The molecule has 2 aromatic rings. The Morgan fingerprint density at radius 2 is 1.82 bits per heavy atom. The van der Waals surface area contributed by atoms with E-state index in [1.54, 1.807) is 17.0 Å². The summed E-state index contributed by atoms with van der Waals surface area (Å²) in [6.45, 7) is 4.85. The third kappa shape index (κ3) is 4.94. The maximum Gasteiger partial charge on any atom is 0.265 e. The van der Waals surface area contributed by atoms with Crippen LogP contribution in [-0.4, -0.2) is 61.7 Å². The van der Waals surface area contributed by atoms with Gasteiger partial charge in [-0.2, -0.15) is 4.31 Å². The number of benzene rings is 2. The summed E-state index contributed by atoms with van der Waals surface area (Å²) in [5, 5.41) is 2.72. The van der Waals surface area contributed by atoms with E-state index < -0.39 is 16.1 Å². The Hall–Kier alpha value is -3.17. The van der Waals surface area contributed by atoms with Crippen LogP contribution in [-0.2, 0) is 19.6 Å². The van der Waals surface area contributed by atoms with Crippen LogP contribution in [0.2, 0.25) is 0 Å². The second-order valence-electron chi connectivity index (χ2n) is 8.14. The minimum absolute atomic E-state index is 0.0825. The lowest BCUT2D eigenvalue weighted by Crippen LogP contribution is -2.50. The molecule has 0 spiro atoms. The van der Waals surface area contributed by atoms with Crippen LogP contribution in [0, 0.1) is 6.92 Å². The van der Waals surface area contributed by atoms with Crippen molar-refractivity contribution in [1.82, 2.24) is 9.21 Å². The van der Waals surface area contributed by atoms with Crippen molar-refractivity contribution in [2.75, 3.05) is 31.5 Å². The van der Waals surface area contributed by atoms with Crippen LogP contribution >= 0.6 is 0 Å². The summed E-state index contributed by atoms with van der Waals surface area (Å²) in [5.74, 6) is 0.0216. The summed E-state index contributed by atoms with van der Waals surface area (Å²) < 4.78 is 33.3. The van der Waals surface area contributed by atoms with Gasteiger partial charge in [-0.1, -0.05) is 36.8 Å². The van der Waals surface area contributed by atoms with Gasteiger partial charge >= 0.3 is 0 Å². The quantitative estimate of drug-likeness (QED) is 0.680. The highest BCUT2D eigenvalue weighted by molar-refractivity contribution is 7.89.